The van der Waals surface area contributed by atoms with Gasteiger partial charge in [0.25, 0.3) is 0 Å². The molecule has 0 unspecified atom stereocenters. The third-order valence-electron chi connectivity index (χ3n) is 12.2. The van der Waals surface area contributed by atoms with Gasteiger partial charge in [-0.3, -0.25) is 0 Å². The zero-order valence-electron chi connectivity index (χ0n) is 43.5. The van der Waals surface area contributed by atoms with Crippen molar-refractivity contribution in [3.63, 3.8) is 0 Å². The standard InChI is InChI=1S/4C18H15P.H3N.Pd/c4*1-4-10-16(11-5-1)19(17-12-6-2-7-13-17)18-14-8-3-9-15-18;;/h4*1-15H;1H3;. The van der Waals surface area contributed by atoms with Crippen molar-refractivity contribution < 1.29 is 20.4 Å². The summed E-state index contributed by atoms with van der Waals surface area (Å²) in [6.45, 7) is 0. The van der Waals surface area contributed by atoms with Gasteiger partial charge in [-0.05, 0) is 95.3 Å². The van der Waals surface area contributed by atoms with Gasteiger partial charge >= 0.3 is 0 Å². The summed E-state index contributed by atoms with van der Waals surface area (Å²) < 4.78 is 0. The summed E-state index contributed by atoms with van der Waals surface area (Å²) in [5, 5.41) is 16.8. The summed E-state index contributed by atoms with van der Waals surface area (Å²) in [6.07, 6.45) is 0. The van der Waals surface area contributed by atoms with Crippen molar-refractivity contribution in [3.8, 4) is 0 Å². The van der Waals surface area contributed by atoms with E-state index in [1.165, 1.54) is 63.7 Å². The third kappa shape index (κ3) is 17.0. The molecular formula is C72H63NP4Pd. The first-order chi connectivity index (χ1) is 37.8. The molecule has 0 spiro atoms. The second kappa shape index (κ2) is 32.7. The Balaban J connectivity index is 0.000000149. The molecule has 0 aliphatic heterocycles. The second-order valence-electron chi connectivity index (χ2n) is 17.4. The first kappa shape index (κ1) is 58.7. The molecule has 3 N–H and O–H groups in total. The van der Waals surface area contributed by atoms with Gasteiger partial charge in [0.05, 0.1) is 0 Å². The van der Waals surface area contributed by atoms with Crippen LogP contribution in [0.5, 0.6) is 0 Å². The van der Waals surface area contributed by atoms with Gasteiger partial charge in [-0.25, -0.2) is 0 Å². The predicted octanol–water partition coefficient (Wildman–Crippen LogP) is 13.9. The smallest absolute Gasteiger partial charge is 0 e. The molecule has 12 rings (SSSR count). The van der Waals surface area contributed by atoms with Crippen LogP contribution in [0.1, 0.15) is 0 Å². The molecule has 386 valence electrons. The Morgan fingerprint density at radius 1 is 0.115 bits per heavy atom. The van der Waals surface area contributed by atoms with E-state index < -0.39 is 31.7 Å². The number of rotatable bonds is 12. The molecule has 1 nitrogen and oxygen atoms in total. The van der Waals surface area contributed by atoms with Gasteiger partial charge < -0.3 is 6.15 Å². The maximum atomic E-state index is 2.23. The van der Waals surface area contributed by atoms with Crippen molar-refractivity contribution in [2.24, 2.45) is 0 Å². The van der Waals surface area contributed by atoms with E-state index in [1.54, 1.807) is 0 Å². The summed E-state index contributed by atoms with van der Waals surface area (Å²) in [5.41, 5.74) is 0. The van der Waals surface area contributed by atoms with Crippen LogP contribution in [-0.4, -0.2) is 0 Å². The fraction of sp³-hybridized carbons (Fsp3) is 0. The van der Waals surface area contributed by atoms with Crippen LogP contribution in [-0.2, 0) is 20.4 Å². The maximum absolute atomic E-state index is 2.23. The van der Waals surface area contributed by atoms with Crippen LogP contribution in [0.4, 0.5) is 0 Å². The molecule has 6 heteroatoms. The molecular weight excluding hydrogens is 1110 g/mol. The molecule has 12 aromatic carbocycles. The summed E-state index contributed by atoms with van der Waals surface area (Å²) in [5.74, 6) is 0. The third-order valence-corrected chi connectivity index (χ3v) is 21.9. The largest absolute Gasteiger partial charge is 0.344 e. The van der Waals surface area contributed by atoms with E-state index in [1.807, 2.05) is 0 Å². The van der Waals surface area contributed by atoms with E-state index in [2.05, 4.69) is 364 Å². The van der Waals surface area contributed by atoms with Crippen molar-refractivity contribution in [1.82, 2.24) is 6.15 Å². The molecule has 0 radical (unpaired) electrons. The Morgan fingerprint density at radius 3 is 0.244 bits per heavy atom. The van der Waals surface area contributed by atoms with Crippen LogP contribution in [0.15, 0.2) is 364 Å². The van der Waals surface area contributed by atoms with Crippen molar-refractivity contribution >= 4 is 95.3 Å². The number of hydrogen-bond donors (Lipinski definition) is 1. The Kier molecular flexibility index (Phi) is 24.6. The summed E-state index contributed by atoms with van der Waals surface area (Å²) >= 11 is 0. The van der Waals surface area contributed by atoms with Crippen LogP contribution in [0.2, 0.25) is 0 Å². The molecule has 0 heterocycles. The molecule has 78 heavy (non-hydrogen) atoms. The van der Waals surface area contributed by atoms with E-state index in [0.29, 0.717) is 0 Å². The van der Waals surface area contributed by atoms with E-state index in [4.69, 9.17) is 0 Å². The van der Waals surface area contributed by atoms with Gasteiger partial charge in [0, 0.05) is 20.4 Å². The topological polar surface area (TPSA) is 35.0 Å². The van der Waals surface area contributed by atoms with Gasteiger partial charge in [0.15, 0.2) is 0 Å². The molecule has 0 aliphatic rings. The second-order valence-corrected chi connectivity index (χ2v) is 26.2. The maximum Gasteiger partial charge on any atom is 0 e. The van der Waals surface area contributed by atoms with Crippen molar-refractivity contribution in [2.45, 2.75) is 0 Å². The minimum atomic E-state index is -0.446. The fourth-order valence-electron chi connectivity index (χ4n) is 8.71. The zero-order chi connectivity index (χ0) is 51.7. The normalized spacial score (nSPS) is 10.3. The van der Waals surface area contributed by atoms with E-state index in [9.17, 15) is 0 Å². The molecule has 0 fully saturated rings. The number of benzene rings is 12. The Labute approximate surface area is 482 Å². The molecule has 0 saturated carbocycles. The van der Waals surface area contributed by atoms with Crippen LogP contribution < -0.4 is 69.8 Å². The van der Waals surface area contributed by atoms with Crippen LogP contribution in [0.25, 0.3) is 0 Å². The Hall–Kier alpha value is -7.02. The van der Waals surface area contributed by atoms with E-state index >= 15 is 0 Å². The fourth-order valence-corrected chi connectivity index (χ4v) is 17.9. The molecule has 0 amide bonds. The molecule has 0 atom stereocenters. The summed E-state index contributed by atoms with van der Waals surface area (Å²) in [6, 6.07) is 129. The SMILES string of the molecule is N.[Pd].c1ccc(P(c2ccccc2)c2ccccc2)cc1.c1ccc(P(c2ccccc2)c2ccccc2)cc1.c1ccc(P(c2ccccc2)c2ccccc2)cc1.c1ccc(P(c2ccccc2)c2ccccc2)cc1. The van der Waals surface area contributed by atoms with Crippen LogP contribution in [0.3, 0.4) is 0 Å². The van der Waals surface area contributed by atoms with E-state index in [0.717, 1.165) is 0 Å². The van der Waals surface area contributed by atoms with Gasteiger partial charge in [0.2, 0.25) is 0 Å². The summed E-state index contributed by atoms with van der Waals surface area (Å²) in [4.78, 5) is 0. The summed E-state index contributed by atoms with van der Waals surface area (Å²) in [7, 11) is -1.78. The Bertz CT molecular complexity index is 2580. The minimum absolute atomic E-state index is 0. The Morgan fingerprint density at radius 2 is 0.179 bits per heavy atom. The first-order valence-corrected chi connectivity index (χ1v) is 31.0. The van der Waals surface area contributed by atoms with Gasteiger partial charge in [-0.1, -0.05) is 364 Å². The average molecular weight is 1170 g/mol. The van der Waals surface area contributed by atoms with Gasteiger partial charge in [-0.2, -0.15) is 0 Å². The predicted molar refractivity (Wildman–Crippen MR) is 346 cm³/mol. The minimum Gasteiger partial charge on any atom is -0.344 e. The zero-order valence-corrected chi connectivity index (χ0v) is 48.6. The molecule has 12 aromatic rings. The van der Waals surface area contributed by atoms with Crippen molar-refractivity contribution in [2.75, 3.05) is 0 Å². The molecule has 0 aromatic heterocycles. The quantitative estimate of drug-likeness (QED) is 0.0960. The molecule has 0 aliphatic carbocycles. The van der Waals surface area contributed by atoms with Crippen molar-refractivity contribution in [1.29, 1.82) is 0 Å². The molecule has 0 bridgehead atoms. The average Bonchev–Trinajstić information content (AvgIpc) is 3.51. The van der Waals surface area contributed by atoms with Crippen molar-refractivity contribution in [3.05, 3.63) is 364 Å². The van der Waals surface area contributed by atoms with Crippen LogP contribution >= 0.6 is 31.7 Å². The number of hydrogen-bond acceptors (Lipinski definition) is 1. The van der Waals surface area contributed by atoms with Gasteiger partial charge in [0.1, 0.15) is 0 Å². The monoisotopic (exact) mass is 1170 g/mol. The van der Waals surface area contributed by atoms with E-state index in [-0.39, 0.29) is 26.6 Å². The molecule has 0 saturated heterocycles. The van der Waals surface area contributed by atoms with Crippen LogP contribution in [0, 0.1) is 0 Å². The first-order valence-electron chi connectivity index (χ1n) is 25.6. The van der Waals surface area contributed by atoms with Gasteiger partial charge in [-0.15, -0.1) is 0 Å².